The second-order valence-electron chi connectivity index (χ2n) is 4.19. The number of aryl methyl sites for hydroxylation is 1. The topological polar surface area (TPSA) is 67.8 Å². The van der Waals surface area contributed by atoms with Crippen molar-refractivity contribution in [2.45, 2.75) is 13.3 Å². The Morgan fingerprint density at radius 1 is 1.25 bits per heavy atom. The van der Waals surface area contributed by atoms with Gasteiger partial charge in [-0.1, -0.05) is 30.3 Å². The zero-order valence-corrected chi connectivity index (χ0v) is 11.0. The van der Waals surface area contributed by atoms with E-state index in [0.717, 1.165) is 12.0 Å². The number of amidine groups is 1. The molecule has 4 nitrogen and oxygen atoms in total. The molecule has 5 heteroatoms. The molecule has 0 radical (unpaired) electrons. The Morgan fingerprint density at radius 2 is 2.00 bits per heavy atom. The molecule has 2 rings (SSSR count). The van der Waals surface area contributed by atoms with Gasteiger partial charge in [0.2, 0.25) is 0 Å². The zero-order chi connectivity index (χ0) is 14.5. The Balaban J connectivity index is 2.43. The lowest BCUT2D eigenvalue weighted by molar-refractivity contribution is 0.318. The summed E-state index contributed by atoms with van der Waals surface area (Å²) in [5.74, 6) is 0.312. The lowest BCUT2D eigenvalue weighted by Crippen LogP contribution is -2.14. The van der Waals surface area contributed by atoms with Crippen LogP contribution in [-0.2, 0) is 6.42 Å². The molecule has 0 aromatic heterocycles. The van der Waals surface area contributed by atoms with E-state index in [1.807, 2.05) is 31.2 Å². The van der Waals surface area contributed by atoms with Crippen molar-refractivity contribution in [3.63, 3.8) is 0 Å². The van der Waals surface area contributed by atoms with Gasteiger partial charge in [-0.2, -0.15) is 0 Å². The molecule has 0 amide bonds. The summed E-state index contributed by atoms with van der Waals surface area (Å²) in [6, 6.07) is 11.4. The van der Waals surface area contributed by atoms with E-state index in [2.05, 4.69) is 5.16 Å². The summed E-state index contributed by atoms with van der Waals surface area (Å²) >= 11 is 0. The normalized spacial score (nSPS) is 11.4. The van der Waals surface area contributed by atoms with Gasteiger partial charge in [0.1, 0.15) is 17.3 Å². The Bertz CT molecular complexity index is 642. The van der Waals surface area contributed by atoms with Crippen molar-refractivity contribution in [2.75, 3.05) is 0 Å². The van der Waals surface area contributed by atoms with Crippen molar-refractivity contribution >= 4 is 5.84 Å². The Kier molecular flexibility index (Phi) is 4.20. The van der Waals surface area contributed by atoms with Crippen LogP contribution in [0.15, 0.2) is 47.6 Å². The molecule has 0 fully saturated rings. The Morgan fingerprint density at radius 3 is 2.70 bits per heavy atom. The van der Waals surface area contributed by atoms with Gasteiger partial charge in [-0.15, -0.1) is 0 Å². The van der Waals surface area contributed by atoms with Gasteiger partial charge in [-0.05, 0) is 36.2 Å². The summed E-state index contributed by atoms with van der Waals surface area (Å²) in [5, 5.41) is 11.6. The molecule has 0 spiro atoms. The number of halogens is 1. The molecule has 0 bridgehead atoms. The van der Waals surface area contributed by atoms with Gasteiger partial charge in [0.15, 0.2) is 5.84 Å². The minimum atomic E-state index is -0.484. The lowest BCUT2D eigenvalue weighted by atomic mass is 10.1. The molecule has 2 aromatic carbocycles. The summed E-state index contributed by atoms with van der Waals surface area (Å²) in [6.07, 6.45) is 0.802. The maximum atomic E-state index is 13.3. The fourth-order valence-electron chi connectivity index (χ4n) is 1.86. The van der Waals surface area contributed by atoms with Gasteiger partial charge < -0.3 is 15.7 Å². The van der Waals surface area contributed by atoms with Gasteiger partial charge in [0.25, 0.3) is 0 Å². The number of rotatable bonds is 4. The molecule has 0 heterocycles. The van der Waals surface area contributed by atoms with E-state index >= 15 is 0 Å². The first-order valence-corrected chi connectivity index (χ1v) is 6.19. The highest BCUT2D eigenvalue weighted by Gasteiger charge is 2.12. The van der Waals surface area contributed by atoms with E-state index in [0.29, 0.717) is 11.5 Å². The van der Waals surface area contributed by atoms with Crippen LogP contribution in [0, 0.1) is 5.82 Å². The van der Waals surface area contributed by atoms with Crippen LogP contribution in [0.1, 0.15) is 18.1 Å². The first kappa shape index (κ1) is 13.9. The van der Waals surface area contributed by atoms with Crippen LogP contribution in [-0.4, -0.2) is 11.0 Å². The van der Waals surface area contributed by atoms with E-state index in [1.54, 1.807) is 0 Å². The van der Waals surface area contributed by atoms with Crippen molar-refractivity contribution in [1.29, 1.82) is 0 Å². The summed E-state index contributed by atoms with van der Waals surface area (Å²) in [6.45, 7) is 2.01. The predicted molar refractivity (Wildman–Crippen MR) is 74.8 cm³/mol. The van der Waals surface area contributed by atoms with Gasteiger partial charge in [-0.3, -0.25) is 0 Å². The first-order chi connectivity index (χ1) is 9.65. The first-order valence-electron chi connectivity index (χ1n) is 6.19. The summed E-state index contributed by atoms with van der Waals surface area (Å²) in [4.78, 5) is 0. The van der Waals surface area contributed by atoms with Crippen LogP contribution in [0.3, 0.4) is 0 Å². The van der Waals surface area contributed by atoms with Crippen LogP contribution in [0.2, 0.25) is 0 Å². The van der Waals surface area contributed by atoms with Crippen LogP contribution in [0.25, 0.3) is 0 Å². The van der Waals surface area contributed by atoms with E-state index in [1.165, 1.54) is 18.2 Å². The van der Waals surface area contributed by atoms with Crippen molar-refractivity contribution in [3.05, 3.63) is 59.4 Å². The Hall–Kier alpha value is -2.56. The molecule has 3 N–H and O–H groups in total. The average Bonchev–Trinajstić information content (AvgIpc) is 2.48. The predicted octanol–water partition coefficient (Wildman–Crippen LogP) is 3.27. The molecule has 20 heavy (non-hydrogen) atoms. The van der Waals surface area contributed by atoms with Crippen molar-refractivity contribution in [3.8, 4) is 11.5 Å². The number of nitrogens with zero attached hydrogens (tertiary/aromatic N) is 1. The van der Waals surface area contributed by atoms with Crippen LogP contribution < -0.4 is 10.5 Å². The molecule has 0 saturated heterocycles. The van der Waals surface area contributed by atoms with Crippen molar-refractivity contribution in [2.24, 2.45) is 10.9 Å². The molecule has 0 saturated carbocycles. The highest BCUT2D eigenvalue weighted by atomic mass is 19.1. The van der Waals surface area contributed by atoms with Crippen LogP contribution >= 0.6 is 0 Å². The third-order valence-corrected chi connectivity index (χ3v) is 2.90. The zero-order valence-electron chi connectivity index (χ0n) is 11.0. The number of hydrogen-bond acceptors (Lipinski definition) is 3. The van der Waals surface area contributed by atoms with Gasteiger partial charge in [0, 0.05) is 0 Å². The van der Waals surface area contributed by atoms with Crippen molar-refractivity contribution in [1.82, 2.24) is 0 Å². The lowest BCUT2D eigenvalue weighted by Gasteiger charge is -2.13. The van der Waals surface area contributed by atoms with E-state index < -0.39 is 5.82 Å². The summed E-state index contributed by atoms with van der Waals surface area (Å²) in [5.41, 5.74) is 6.76. The number of benzene rings is 2. The van der Waals surface area contributed by atoms with Gasteiger partial charge >= 0.3 is 0 Å². The fourth-order valence-corrected chi connectivity index (χ4v) is 1.86. The molecule has 0 unspecified atom stereocenters. The van der Waals surface area contributed by atoms with Gasteiger partial charge in [0.05, 0.1) is 5.56 Å². The second kappa shape index (κ2) is 6.06. The number of para-hydroxylation sites is 1. The highest BCUT2D eigenvalue weighted by molar-refractivity contribution is 5.99. The monoisotopic (exact) mass is 274 g/mol. The van der Waals surface area contributed by atoms with E-state index in [9.17, 15) is 4.39 Å². The number of hydrogen-bond donors (Lipinski definition) is 2. The van der Waals surface area contributed by atoms with E-state index in [-0.39, 0.29) is 11.4 Å². The minimum absolute atomic E-state index is 0.200. The molecule has 104 valence electrons. The van der Waals surface area contributed by atoms with Gasteiger partial charge in [-0.25, -0.2) is 4.39 Å². The smallest absolute Gasteiger partial charge is 0.173 e. The highest BCUT2D eigenvalue weighted by Crippen LogP contribution is 2.28. The molecule has 0 aliphatic rings. The van der Waals surface area contributed by atoms with E-state index in [4.69, 9.17) is 15.7 Å². The maximum Gasteiger partial charge on any atom is 0.173 e. The molecule has 0 aliphatic carbocycles. The molecular formula is C15H15FN2O2. The third-order valence-electron chi connectivity index (χ3n) is 2.90. The number of oxime groups is 1. The molecular weight excluding hydrogens is 259 g/mol. The number of nitrogens with two attached hydrogens (primary N) is 1. The maximum absolute atomic E-state index is 13.3. The quantitative estimate of drug-likeness (QED) is 0.389. The van der Waals surface area contributed by atoms with Crippen molar-refractivity contribution < 1.29 is 14.3 Å². The molecule has 0 aliphatic heterocycles. The fraction of sp³-hybridized carbons (Fsp3) is 0.133. The summed E-state index contributed by atoms with van der Waals surface area (Å²) in [7, 11) is 0. The summed E-state index contributed by atoms with van der Waals surface area (Å²) < 4.78 is 19.1. The largest absolute Gasteiger partial charge is 0.456 e. The second-order valence-corrected chi connectivity index (χ2v) is 4.19. The molecule has 2 aromatic rings. The average molecular weight is 274 g/mol. The third kappa shape index (κ3) is 2.88. The number of ether oxygens (including phenoxy) is 1. The van der Waals surface area contributed by atoms with Crippen LogP contribution in [0.5, 0.6) is 11.5 Å². The Labute approximate surface area is 116 Å². The van der Waals surface area contributed by atoms with Crippen LogP contribution in [0.4, 0.5) is 4.39 Å². The SMILES string of the molecule is CCc1ccccc1Oc1ccc(F)cc1C(N)=NO. The molecule has 0 atom stereocenters. The minimum Gasteiger partial charge on any atom is -0.456 e. The standard InChI is InChI=1S/C15H15FN2O2/c1-2-10-5-3-4-6-13(10)20-14-8-7-11(16)9-12(14)15(17)18-19/h3-9,19H,2H2,1H3,(H2,17,18).